The van der Waals surface area contributed by atoms with Gasteiger partial charge in [-0.25, -0.2) is 0 Å². The van der Waals surface area contributed by atoms with Gasteiger partial charge >= 0.3 is 0 Å². The number of carbonyl (C=O) groups is 1. The van der Waals surface area contributed by atoms with Crippen molar-refractivity contribution in [2.45, 2.75) is 6.42 Å². The van der Waals surface area contributed by atoms with E-state index in [9.17, 15) is 4.79 Å². The molecule has 6 heteroatoms. The third-order valence-electron chi connectivity index (χ3n) is 2.27. The molecule has 0 spiro atoms. The van der Waals surface area contributed by atoms with Gasteiger partial charge in [-0.05, 0) is 28.1 Å². The van der Waals surface area contributed by atoms with Gasteiger partial charge in [0.25, 0.3) is 5.91 Å². The molecule has 0 unspecified atom stereocenters. The molecule has 0 aliphatic rings. The number of amides is 1. The normalized spacial score (nSPS) is 10.5. The Morgan fingerprint density at radius 1 is 1.65 bits per heavy atom. The molecule has 90 valence electrons. The summed E-state index contributed by atoms with van der Waals surface area (Å²) in [6.45, 7) is 0.601. The molecule has 2 heterocycles. The van der Waals surface area contributed by atoms with E-state index in [-0.39, 0.29) is 5.91 Å². The molecule has 0 fully saturated rings. The van der Waals surface area contributed by atoms with Crippen LogP contribution in [0.4, 0.5) is 0 Å². The summed E-state index contributed by atoms with van der Waals surface area (Å²) in [6.07, 6.45) is 2.64. The summed E-state index contributed by atoms with van der Waals surface area (Å²) in [5.74, 6) is -0.0390. The average Bonchev–Trinajstić information content (AvgIpc) is 2.88. The van der Waals surface area contributed by atoms with Crippen LogP contribution in [0, 0.1) is 0 Å². The molecule has 4 nitrogen and oxygen atoms in total. The maximum absolute atomic E-state index is 11.7. The maximum atomic E-state index is 11.7. The number of nitrogens with one attached hydrogen (secondary N) is 1. The van der Waals surface area contributed by atoms with Crippen molar-refractivity contribution in [3.05, 3.63) is 38.8 Å². The summed E-state index contributed by atoms with van der Waals surface area (Å²) in [6, 6.07) is 3.77. The van der Waals surface area contributed by atoms with Gasteiger partial charge in [-0.15, -0.1) is 11.3 Å². The number of hydrogen-bond donors (Lipinski definition) is 1. The Labute approximate surface area is 112 Å². The molecule has 2 aromatic rings. The summed E-state index contributed by atoms with van der Waals surface area (Å²) < 4.78 is 2.72. The lowest BCUT2D eigenvalue weighted by atomic mass is 10.3. The zero-order chi connectivity index (χ0) is 12.3. The lowest BCUT2D eigenvalue weighted by molar-refractivity contribution is 0.0954. The Morgan fingerprint density at radius 3 is 3.06 bits per heavy atom. The molecule has 0 saturated carbocycles. The van der Waals surface area contributed by atoms with Crippen LogP contribution in [0.3, 0.4) is 0 Å². The van der Waals surface area contributed by atoms with Crippen LogP contribution < -0.4 is 5.32 Å². The van der Waals surface area contributed by atoms with E-state index in [0.717, 1.165) is 15.9 Å². The van der Waals surface area contributed by atoms with Crippen LogP contribution in [0.25, 0.3) is 0 Å². The van der Waals surface area contributed by atoms with Crippen LogP contribution in [0.5, 0.6) is 0 Å². The third kappa shape index (κ3) is 3.41. The standard InChI is InChI=1S/C11H12BrN3OS/c1-15-5-3-9(14-15)2-4-13-11(16)8-6-10(12)17-7-8/h3,5-7H,2,4H2,1H3,(H,13,16). The van der Waals surface area contributed by atoms with Gasteiger partial charge in [0.2, 0.25) is 0 Å². The van der Waals surface area contributed by atoms with E-state index < -0.39 is 0 Å². The summed E-state index contributed by atoms with van der Waals surface area (Å²) in [4.78, 5) is 11.7. The van der Waals surface area contributed by atoms with Crippen LogP contribution >= 0.6 is 27.3 Å². The van der Waals surface area contributed by atoms with Gasteiger partial charge in [0.15, 0.2) is 0 Å². The first kappa shape index (κ1) is 12.3. The Hall–Kier alpha value is -1.14. The highest BCUT2D eigenvalue weighted by Gasteiger charge is 2.07. The topological polar surface area (TPSA) is 46.9 Å². The third-order valence-corrected chi connectivity index (χ3v) is 3.77. The van der Waals surface area contributed by atoms with Crippen molar-refractivity contribution in [2.75, 3.05) is 6.54 Å². The average molecular weight is 314 g/mol. The summed E-state index contributed by atoms with van der Waals surface area (Å²) >= 11 is 4.84. The molecule has 0 aliphatic carbocycles. The predicted molar refractivity (Wildman–Crippen MR) is 71.3 cm³/mol. The first-order chi connectivity index (χ1) is 8.15. The second-order valence-electron chi connectivity index (χ2n) is 3.63. The van der Waals surface area contributed by atoms with Crippen molar-refractivity contribution in [1.29, 1.82) is 0 Å². The summed E-state index contributed by atoms with van der Waals surface area (Å²) in [5.41, 5.74) is 1.68. The molecule has 0 atom stereocenters. The molecular weight excluding hydrogens is 302 g/mol. The smallest absolute Gasteiger partial charge is 0.252 e. The minimum absolute atomic E-state index is 0.0390. The number of halogens is 1. The van der Waals surface area contributed by atoms with Crippen LogP contribution in [-0.4, -0.2) is 22.2 Å². The van der Waals surface area contributed by atoms with Crippen LogP contribution in [-0.2, 0) is 13.5 Å². The number of thiophene rings is 1. The summed E-state index contributed by atoms with van der Waals surface area (Å²) in [7, 11) is 1.88. The van der Waals surface area contributed by atoms with Gasteiger partial charge in [0.05, 0.1) is 15.0 Å². The SMILES string of the molecule is Cn1ccc(CCNC(=O)c2csc(Br)c2)n1. The first-order valence-corrected chi connectivity index (χ1v) is 6.83. The van der Waals surface area contributed by atoms with Crippen molar-refractivity contribution < 1.29 is 4.79 Å². The second kappa shape index (κ2) is 5.46. The van der Waals surface area contributed by atoms with E-state index >= 15 is 0 Å². The predicted octanol–water partition coefficient (Wildman–Crippen LogP) is 2.22. The lowest BCUT2D eigenvalue weighted by Gasteiger charge is -2.01. The highest BCUT2D eigenvalue weighted by atomic mass is 79.9. The van der Waals surface area contributed by atoms with E-state index in [2.05, 4.69) is 26.3 Å². The van der Waals surface area contributed by atoms with E-state index in [1.807, 2.05) is 30.8 Å². The van der Waals surface area contributed by atoms with Gasteiger partial charge in [-0.3, -0.25) is 9.48 Å². The van der Waals surface area contributed by atoms with Crippen molar-refractivity contribution in [1.82, 2.24) is 15.1 Å². The minimum Gasteiger partial charge on any atom is -0.352 e. The molecule has 17 heavy (non-hydrogen) atoms. The minimum atomic E-state index is -0.0390. The van der Waals surface area contributed by atoms with Crippen molar-refractivity contribution in [3.8, 4) is 0 Å². The lowest BCUT2D eigenvalue weighted by Crippen LogP contribution is -2.25. The van der Waals surface area contributed by atoms with Crippen LogP contribution in [0.2, 0.25) is 0 Å². The fraction of sp³-hybridized carbons (Fsp3) is 0.273. The Kier molecular flexibility index (Phi) is 3.96. The number of carbonyl (C=O) groups excluding carboxylic acids is 1. The Morgan fingerprint density at radius 2 is 2.47 bits per heavy atom. The highest BCUT2D eigenvalue weighted by molar-refractivity contribution is 9.11. The summed E-state index contributed by atoms with van der Waals surface area (Å²) in [5, 5.41) is 8.95. The molecule has 1 N–H and O–H groups in total. The van der Waals surface area contributed by atoms with Gasteiger partial charge < -0.3 is 5.32 Å². The van der Waals surface area contributed by atoms with E-state index in [1.165, 1.54) is 11.3 Å². The molecule has 2 aromatic heterocycles. The quantitative estimate of drug-likeness (QED) is 0.940. The highest BCUT2D eigenvalue weighted by Crippen LogP contribution is 2.20. The molecule has 1 amide bonds. The van der Waals surface area contributed by atoms with Crippen LogP contribution in [0.1, 0.15) is 16.1 Å². The van der Waals surface area contributed by atoms with E-state index in [0.29, 0.717) is 12.1 Å². The number of aromatic nitrogens is 2. The Bertz CT molecular complexity index is 520. The van der Waals surface area contributed by atoms with Gasteiger partial charge in [0, 0.05) is 31.6 Å². The molecule has 0 bridgehead atoms. The fourth-order valence-corrected chi connectivity index (χ4v) is 2.57. The van der Waals surface area contributed by atoms with Crippen molar-refractivity contribution >= 4 is 33.2 Å². The molecule has 0 aliphatic heterocycles. The number of nitrogens with zero attached hydrogens (tertiary/aromatic N) is 2. The number of aryl methyl sites for hydroxylation is 1. The molecule has 2 rings (SSSR count). The van der Waals surface area contributed by atoms with Gasteiger partial charge in [-0.1, -0.05) is 0 Å². The number of hydrogen-bond acceptors (Lipinski definition) is 3. The number of rotatable bonds is 4. The van der Waals surface area contributed by atoms with Crippen molar-refractivity contribution in [2.24, 2.45) is 7.05 Å². The Balaban J connectivity index is 1.81. The zero-order valence-corrected chi connectivity index (χ0v) is 11.7. The second-order valence-corrected chi connectivity index (χ2v) is 5.92. The van der Waals surface area contributed by atoms with E-state index in [4.69, 9.17) is 0 Å². The van der Waals surface area contributed by atoms with Crippen LogP contribution in [0.15, 0.2) is 27.5 Å². The largest absolute Gasteiger partial charge is 0.352 e. The fourth-order valence-electron chi connectivity index (χ4n) is 1.43. The van der Waals surface area contributed by atoms with Gasteiger partial charge in [0.1, 0.15) is 0 Å². The molecule has 0 radical (unpaired) electrons. The maximum Gasteiger partial charge on any atom is 0.252 e. The molecule has 0 aromatic carbocycles. The molecule has 0 saturated heterocycles. The monoisotopic (exact) mass is 313 g/mol. The van der Waals surface area contributed by atoms with E-state index in [1.54, 1.807) is 4.68 Å². The van der Waals surface area contributed by atoms with Gasteiger partial charge in [-0.2, -0.15) is 5.10 Å². The molecular formula is C11H12BrN3OS. The first-order valence-electron chi connectivity index (χ1n) is 5.16. The zero-order valence-electron chi connectivity index (χ0n) is 9.31. The van der Waals surface area contributed by atoms with Crippen molar-refractivity contribution in [3.63, 3.8) is 0 Å².